The van der Waals surface area contributed by atoms with Gasteiger partial charge in [0.1, 0.15) is 11.5 Å². The maximum atomic E-state index is 5.58. The van der Waals surface area contributed by atoms with Crippen molar-refractivity contribution in [1.82, 2.24) is 0 Å². The van der Waals surface area contributed by atoms with Crippen molar-refractivity contribution in [3.05, 3.63) is 23.8 Å². The Morgan fingerprint density at radius 3 is 2.69 bits per heavy atom. The summed E-state index contributed by atoms with van der Waals surface area (Å²) in [5.74, 6) is 8.30. The van der Waals surface area contributed by atoms with Gasteiger partial charge < -0.3 is 9.47 Å². The fraction of sp³-hybridized carbons (Fsp3) is 0.385. The van der Waals surface area contributed by atoms with Gasteiger partial charge in [0, 0.05) is 12.3 Å². The summed E-state index contributed by atoms with van der Waals surface area (Å²) in [6.45, 7) is 0. The average molecular weight is 239 g/mol. The van der Waals surface area contributed by atoms with Crippen molar-refractivity contribution in [2.24, 2.45) is 0 Å². The number of benzene rings is 1. The molecule has 2 nitrogen and oxygen atoms in total. The zero-order chi connectivity index (χ0) is 11.8. The molecule has 0 spiro atoms. The molecule has 3 heteroatoms. The largest absolute Gasteiger partial charge is 0.497 e. The van der Waals surface area contributed by atoms with Gasteiger partial charge >= 0.3 is 0 Å². The lowest BCUT2D eigenvalue weighted by Gasteiger charge is -2.05. The van der Waals surface area contributed by atoms with Crippen LogP contribution in [0.15, 0.2) is 18.2 Å². The summed E-state index contributed by atoms with van der Waals surface area (Å²) in [4.78, 5) is 0. The van der Waals surface area contributed by atoms with Gasteiger partial charge in [-0.3, -0.25) is 0 Å². The highest BCUT2D eigenvalue weighted by Gasteiger charge is 2.01. The van der Waals surface area contributed by atoms with E-state index in [-0.39, 0.29) is 0 Å². The van der Waals surface area contributed by atoms with E-state index in [1.165, 1.54) is 0 Å². The van der Waals surface area contributed by atoms with E-state index in [1.807, 2.05) is 18.2 Å². The summed E-state index contributed by atoms with van der Waals surface area (Å²) in [6.07, 6.45) is 1.70. The van der Waals surface area contributed by atoms with Gasteiger partial charge in [-0.05, 0) is 24.6 Å². The molecular weight excluding hydrogens is 224 g/mol. The normalized spacial score (nSPS) is 9.19. The Labute approximate surface area is 102 Å². The Morgan fingerprint density at radius 2 is 2.06 bits per heavy atom. The maximum Gasteiger partial charge on any atom is 0.134 e. The predicted molar refractivity (Wildman–Crippen MR) is 66.4 cm³/mol. The van der Waals surface area contributed by atoms with Crippen molar-refractivity contribution in [3.8, 4) is 23.3 Å². The standard InChI is InChI=1S/C13H15ClO2/c1-15-12-7-8-13(16-2)11(10-12)6-4-3-5-9-14/h7-8,10H,3,5,9H2,1-2H3. The van der Waals surface area contributed by atoms with Gasteiger partial charge in [0.2, 0.25) is 0 Å². The molecule has 0 saturated carbocycles. The third-order valence-corrected chi connectivity index (χ3v) is 2.33. The first kappa shape index (κ1) is 12.7. The Morgan fingerprint density at radius 1 is 1.25 bits per heavy atom. The molecule has 0 bridgehead atoms. The molecule has 0 aliphatic rings. The van der Waals surface area contributed by atoms with Gasteiger partial charge in [-0.1, -0.05) is 11.8 Å². The first-order chi connectivity index (χ1) is 7.81. The molecule has 16 heavy (non-hydrogen) atoms. The third-order valence-electron chi connectivity index (χ3n) is 2.07. The fourth-order valence-corrected chi connectivity index (χ4v) is 1.36. The molecule has 1 aromatic rings. The Hall–Kier alpha value is -1.33. The SMILES string of the molecule is COc1ccc(OC)c(C#CCCCCl)c1. The number of ether oxygens (including phenoxy) is 2. The molecule has 0 saturated heterocycles. The molecule has 0 aromatic heterocycles. The number of hydrogen-bond acceptors (Lipinski definition) is 2. The Balaban J connectivity index is 2.85. The molecule has 0 fully saturated rings. The summed E-state index contributed by atoms with van der Waals surface area (Å²) in [6, 6.07) is 5.57. The predicted octanol–water partition coefficient (Wildman–Crippen LogP) is 3.07. The van der Waals surface area contributed by atoms with Crippen LogP contribution in [0.4, 0.5) is 0 Å². The zero-order valence-corrected chi connectivity index (χ0v) is 10.3. The van der Waals surface area contributed by atoms with Crippen molar-refractivity contribution >= 4 is 11.6 Å². The van der Waals surface area contributed by atoms with Crippen LogP contribution < -0.4 is 9.47 Å². The number of methoxy groups -OCH3 is 2. The lowest BCUT2D eigenvalue weighted by Crippen LogP contribution is -1.90. The van der Waals surface area contributed by atoms with Crippen LogP contribution in [-0.4, -0.2) is 20.1 Å². The van der Waals surface area contributed by atoms with Crippen molar-refractivity contribution < 1.29 is 9.47 Å². The van der Waals surface area contributed by atoms with Gasteiger partial charge in [0.25, 0.3) is 0 Å². The van der Waals surface area contributed by atoms with E-state index in [4.69, 9.17) is 21.1 Å². The quantitative estimate of drug-likeness (QED) is 0.456. The minimum atomic E-state index is 0.643. The van der Waals surface area contributed by atoms with Crippen LogP contribution >= 0.6 is 11.6 Å². The minimum Gasteiger partial charge on any atom is -0.497 e. The van der Waals surface area contributed by atoms with Crippen LogP contribution in [-0.2, 0) is 0 Å². The van der Waals surface area contributed by atoms with E-state index >= 15 is 0 Å². The zero-order valence-electron chi connectivity index (χ0n) is 9.55. The second kappa shape index (κ2) is 7.03. The van der Waals surface area contributed by atoms with Crippen molar-refractivity contribution in [2.45, 2.75) is 12.8 Å². The molecule has 86 valence electrons. The van der Waals surface area contributed by atoms with Crippen molar-refractivity contribution in [2.75, 3.05) is 20.1 Å². The molecule has 1 rings (SSSR count). The van der Waals surface area contributed by atoms with Gasteiger partial charge in [0.05, 0.1) is 19.8 Å². The van der Waals surface area contributed by atoms with E-state index in [0.29, 0.717) is 5.88 Å². The molecule has 0 aliphatic carbocycles. The molecule has 0 N–H and O–H groups in total. The molecule has 1 aromatic carbocycles. The molecule has 0 aliphatic heterocycles. The van der Waals surface area contributed by atoms with E-state index in [9.17, 15) is 0 Å². The number of halogens is 1. The highest BCUT2D eigenvalue weighted by atomic mass is 35.5. The van der Waals surface area contributed by atoms with Crippen LogP contribution in [0.3, 0.4) is 0 Å². The Kier molecular flexibility index (Phi) is 5.60. The summed E-state index contributed by atoms with van der Waals surface area (Å²) < 4.78 is 10.4. The van der Waals surface area contributed by atoms with E-state index in [0.717, 1.165) is 29.9 Å². The summed E-state index contributed by atoms with van der Waals surface area (Å²) in [5.41, 5.74) is 0.844. The van der Waals surface area contributed by atoms with Gasteiger partial charge in [-0.2, -0.15) is 0 Å². The highest BCUT2D eigenvalue weighted by Crippen LogP contribution is 2.22. The van der Waals surface area contributed by atoms with Crippen molar-refractivity contribution in [1.29, 1.82) is 0 Å². The van der Waals surface area contributed by atoms with E-state index < -0.39 is 0 Å². The molecule has 0 atom stereocenters. The first-order valence-corrected chi connectivity index (χ1v) is 5.62. The minimum absolute atomic E-state index is 0.643. The summed E-state index contributed by atoms with van der Waals surface area (Å²) in [5, 5.41) is 0. The molecule has 0 radical (unpaired) electrons. The van der Waals surface area contributed by atoms with Gasteiger partial charge in [0.15, 0.2) is 0 Å². The molecule has 0 unspecified atom stereocenters. The Bertz CT molecular complexity index is 391. The summed E-state index contributed by atoms with van der Waals surface area (Å²) in [7, 11) is 3.26. The third kappa shape index (κ3) is 3.67. The smallest absolute Gasteiger partial charge is 0.134 e. The van der Waals surface area contributed by atoms with Gasteiger partial charge in [-0.25, -0.2) is 0 Å². The monoisotopic (exact) mass is 238 g/mol. The molecule has 0 amide bonds. The van der Waals surface area contributed by atoms with Crippen LogP contribution in [0.5, 0.6) is 11.5 Å². The lowest BCUT2D eigenvalue weighted by atomic mass is 10.2. The van der Waals surface area contributed by atoms with Crippen LogP contribution in [0.25, 0.3) is 0 Å². The van der Waals surface area contributed by atoms with Crippen LogP contribution in [0, 0.1) is 11.8 Å². The highest BCUT2D eigenvalue weighted by molar-refractivity contribution is 6.17. The average Bonchev–Trinajstić information content (AvgIpc) is 2.34. The first-order valence-electron chi connectivity index (χ1n) is 5.08. The second-order valence-electron chi connectivity index (χ2n) is 3.16. The maximum absolute atomic E-state index is 5.58. The van der Waals surface area contributed by atoms with Crippen LogP contribution in [0.1, 0.15) is 18.4 Å². The molecule has 0 heterocycles. The van der Waals surface area contributed by atoms with Crippen LogP contribution in [0.2, 0.25) is 0 Å². The number of rotatable bonds is 4. The van der Waals surface area contributed by atoms with E-state index in [1.54, 1.807) is 14.2 Å². The molecular formula is C13H15ClO2. The van der Waals surface area contributed by atoms with Gasteiger partial charge in [-0.15, -0.1) is 11.6 Å². The second-order valence-corrected chi connectivity index (χ2v) is 3.54. The topological polar surface area (TPSA) is 18.5 Å². The van der Waals surface area contributed by atoms with E-state index in [2.05, 4.69) is 11.8 Å². The number of alkyl halides is 1. The fourth-order valence-electron chi connectivity index (χ4n) is 1.22. The summed E-state index contributed by atoms with van der Waals surface area (Å²) >= 11 is 5.58. The number of unbranched alkanes of at least 4 members (excludes halogenated alkanes) is 1. The lowest BCUT2D eigenvalue weighted by molar-refractivity contribution is 0.402. The number of hydrogen-bond donors (Lipinski definition) is 0. The van der Waals surface area contributed by atoms with Crippen molar-refractivity contribution in [3.63, 3.8) is 0 Å².